The van der Waals surface area contributed by atoms with E-state index < -0.39 is 5.82 Å². The number of phenols is 1. The largest absolute Gasteiger partial charge is 0.506 e. The van der Waals surface area contributed by atoms with Gasteiger partial charge in [0.25, 0.3) is 0 Å². The summed E-state index contributed by atoms with van der Waals surface area (Å²) < 4.78 is 14.2. The molecular weight excluding hydrogens is 391 g/mol. The number of anilines is 1. The maximum absolute atomic E-state index is 13.0. The number of rotatable bonds is 3. The molecular formula is C14H9Br2FN2O. The number of aromatic hydroxyl groups is 1. The molecule has 0 heterocycles. The molecule has 0 saturated carbocycles. The fourth-order valence-electron chi connectivity index (χ4n) is 1.68. The number of hydrogen-bond donors (Lipinski definition) is 2. The van der Waals surface area contributed by atoms with Gasteiger partial charge in [0.1, 0.15) is 17.6 Å². The van der Waals surface area contributed by atoms with Crippen LogP contribution in [0.3, 0.4) is 0 Å². The summed E-state index contributed by atoms with van der Waals surface area (Å²) in [4.78, 5) is 0. The molecule has 0 atom stereocenters. The Bertz CT molecular complexity index is 675. The third kappa shape index (κ3) is 3.30. The lowest BCUT2D eigenvalue weighted by Crippen LogP contribution is -2.02. The minimum atomic E-state index is -0.442. The van der Waals surface area contributed by atoms with E-state index in [1.165, 1.54) is 18.2 Å². The van der Waals surface area contributed by atoms with Crippen LogP contribution in [0.4, 0.5) is 10.1 Å². The predicted molar refractivity (Wildman–Crippen MR) is 81.9 cm³/mol. The normalized spacial score (nSPS) is 10.1. The summed E-state index contributed by atoms with van der Waals surface area (Å²) in [6, 6.07) is 9.49. The zero-order valence-electron chi connectivity index (χ0n) is 10.1. The van der Waals surface area contributed by atoms with Gasteiger partial charge in [-0.1, -0.05) is 0 Å². The Morgan fingerprint density at radius 2 is 1.85 bits per heavy atom. The van der Waals surface area contributed by atoms with Crippen molar-refractivity contribution in [3.05, 3.63) is 56.2 Å². The molecule has 102 valence electrons. The second kappa shape index (κ2) is 6.25. The molecule has 0 unspecified atom stereocenters. The van der Waals surface area contributed by atoms with E-state index in [-0.39, 0.29) is 11.3 Å². The Morgan fingerprint density at radius 1 is 1.20 bits per heavy atom. The van der Waals surface area contributed by atoms with E-state index in [1.807, 2.05) is 6.07 Å². The maximum Gasteiger partial charge on any atom is 0.143 e. The summed E-state index contributed by atoms with van der Waals surface area (Å²) in [5.41, 5.74) is 1.71. The monoisotopic (exact) mass is 398 g/mol. The molecule has 0 amide bonds. The van der Waals surface area contributed by atoms with Crippen molar-refractivity contribution in [1.82, 2.24) is 0 Å². The predicted octanol–water partition coefficient (Wildman–Crippen LogP) is 4.54. The van der Waals surface area contributed by atoms with Gasteiger partial charge in [-0.15, -0.1) is 0 Å². The summed E-state index contributed by atoms with van der Waals surface area (Å²) in [7, 11) is 0. The van der Waals surface area contributed by atoms with Gasteiger partial charge in [0, 0.05) is 6.54 Å². The zero-order valence-corrected chi connectivity index (χ0v) is 13.3. The number of benzene rings is 2. The van der Waals surface area contributed by atoms with Crippen molar-refractivity contribution in [1.29, 1.82) is 5.26 Å². The summed E-state index contributed by atoms with van der Waals surface area (Å²) in [6.45, 7) is 0.442. The Labute approximate surface area is 132 Å². The Morgan fingerprint density at radius 3 is 2.45 bits per heavy atom. The standard InChI is InChI=1S/C14H9Br2FN2O/c15-11-3-8(4-12(16)14(11)20)7-19-13-2-1-10(17)5-9(13)6-18/h1-5,19-20H,7H2. The molecule has 6 heteroatoms. The van der Waals surface area contributed by atoms with Crippen LogP contribution in [0.5, 0.6) is 5.75 Å². The fourth-order valence-corrected chi connectivity index (χ4v) is 2.96. The first-order valence-corrected chi connectivity index (χ1v) is 7.20. The topological polar surface area (TPSA) is 56.0 Å². The average Bonchev–Trinajstić information content (AvgIpc) is 2.43. The Balaban J connectivity index is 2.19. The summed E-state index contributed by atoms with van der Waals surface area (Å²) in [5, 5.41) is 21.7. The van der Waals surface area contributed by atoms with Crippen molar-refractivity contribution in [2.75, 3.05) is 5.32 Å². The third-order valence-electron chi connectivity index (χ3n) is 2.66. The lowest BCUT2D eigenvalue weighted by molar-refractivity contribution is 0.468. The van der Waals surface area contributed by atoms with Crippen molar-refractivity contribution < 1.29 is 9.50 Å². The highest BCUT2D eigenvalue weighted by molar-refractivity contribution is 9.11. The van der Waals surface area contributed by atoms with Crippen LogP contribution >= 0.6 is 31.9 Å². The molecule has 3 nitrogen and oxygen atoms in total. The van der Waals surface area contributed by atoms with Crippen LogP contribution in [0.1, 0.15) is 11.1 Å². The highest BCUT2D eigenvalue weighted by Gasteiger charge is 2.07. The van der Waals surface area contributed by atoms with E-state index in [0.29, 0.717) is 21.2 Å². The van der Waals surface area contributed by atoms with Gasteiger partial charge in [-0.3, -0.25) is 0 Å². The minimum absolute atomic E-state index is 0.133. The highest BCUT2D eigenvalue weighted by Crippen LogP contribution is 2.33. The fraction of sp³-hybridized carbons (Fsp3) is 0.0714. The molecule has 0 aliphatic rings. The first-order valence-electron chi connectivity index (χ1n) is 5.61. The highest BCUT2D eigenvalue weighted by atomic mass is 79.9. The molecule has 0 spiro atoms. The first-order chi connectivity index (χ1) is 9.51. The maximum atomic E-state index is 13.0. The van der Waals surface area contributed by atoms with Gasteiger partial charge in [0.2, 0.25) is 0 Å². The Hall–Kier alpha value is -1.58. The van der Waals surface area contributed by atoms with Crippen molar-refractivity contribution in [2.24, 2.45) is 0 Å². The third-order valence-corrected chi connectivity index (χ3v) is 3.87. The van der Waals surface area contributed by atoms with Gasteiger partial charge in [-0.2, -0.15) is 5.26 Å². The van der Waals surface area contributed by atoms with E-state index >= 15 is 0 Å². The van der Waals surface area contributed by atoms with Gasteiger partial charge >= 0.3 is 0 Å². The van der Waals surface area contributed by atoms with E-state index in [2.05, 4.69) is 37.2 Å². The van der Waals surface area contributed by atoms with Crippen LogP contribution in [-0.4, -0.2) is 5.11 Å². The van der Waals surface area contributed by atoms with E-state index in [9.17, 15) is 9.50 Å². The number of hydrogen-bond acceptors (Lipinski definition) is 3. The van der Waals surface area contributed by atoms with Crippen molar-refractivity contribution in [3.63, 3.8) is 0 Å². The quantitative estimate of drug-likeness (QED) is 0.796. The van der Waals surface area contributed by atoms with Crippen LogP contribution in [0.15, 0.2) is 39.3 Å². The van der Waals surface area contributed by atoms with Crippen LogP contribution in [-0.2, 0) is 6.54 Å². The van der Waals surface area contributed by atoms with E-state index in [4.69, 9.17) is 5.26 Å². The minimum Gasteiger partial charge on any atom is -0.506 e. The van der Waals surface area contributed by atoms with Gasteiger partial charge < -0.3 is 10.4 Å². The lowest BCUT2D eigenvalue weighted by Gasteiger charge is -2.10. The smallest absolute Gasteiger partial charge is 0.143 e. The molecule has 2 N–H and O–H groups in total. The first kappa shape index (κ1) is 14.8. The van der Waals surface area contributed by atoms with Crippen molar-refractivity contribution in [2.45, 2.75) is 6.54 Å². The number of nitrogens with one attached hydrogen (secondary N) is 1. The summed E-state index contributed by atoms with van der Waals surface area (Å²) in [6.07, 6.45) is 0. The molecule has 0 aromatic heterocycles. The molecule has 0 bridgehead atoms. The number of halogens is 3. The second-order valence-electron chi connectivity index (χ2n) is 4.06. The van der Waals surface area contributed by atoms with E-state index in [0.717, 1.165) is 5.56 Å². The summed E-state index contributed by atoms with van der Waals surface area (Å²) >= 11 is 6.50. The Kier molecular flexibility index (Phi) is 4.63. The van der Waals surface area contributed by atoms with Gasteiger partial charge in [-0.25, -0.2) is 4.39 Å². The van der Waals surface area contributed by atoms with Crippen molar-refractivity contribution in [3.8, 4) is 11.8 Å². The molecule has 20 heavy (non-hydrogen) atoms. The molecule has 2 aromatic rings. The number of phenolic OH excluding ortho intramolecular Hbond substituents is 1. The molecule has 0 aliphatic heterocycles. The van der Waals surface area contributed by atoms with Gasteiger partial charge in [0.15, 0.2) is 0 Å². The SMILES string of the molecule is N#Cc1cc(F)ccc1NCc1cc(Br)c(O)c(Br)c1. The lowest BCUT2D eigenvalue weighted by atomic mass is 10.1. The number of nitrogens with zero attached hydrogens (tertiary/aromatic N) is 1. The molecule has 0 fully saturated rings. The van der Waals surface area contributed by atoms with E-state index in [1.54, 1.807) is 12.1 Å². The molecule has 2 aromatic carbocycles. The second-order valence-corrected chi connectivity index (χ2v) is 5.77. The van der Waals surface area contributed by atoms with Crippen LogP contribution < -0.4 is 5.32 Å². The molecule has 0 radical (unpaired) electrons. The summed E-state index contributed by atoms with van der Waals surface area (Å²) in [5.74, 6) is -0.310. The molecule has 0 aliphatic carbocycles. The van der Waals surface area contributed by atoms with Crippen LogP contribution in [0.25, 0.3) is 0 Å². The van der Waals surface area contributed by atoms with Crippen LogP contribution in [0, 0.1) is 17.1 Å². The molecule has 0 saturated heterocycles. The van der Waals surface area contributed by atoms with Crippen molar-refractivity contribution >= 4 is 37.5 Å². The average molecular weight is 400 g/mol. The zero-order chi connectivity index (χ0) is 14.7. The van der Waals surface area contributed by atoms with Gasteiger partial charge in [-0.05, 0) is 67.8 Å². The number of nitriles is 1. The van der Waals surface area contributed by atoms with Crippen LogP contribution in [0.2, 0.25) is 0 Å². The van der Waals surface area contributed by atoms with Gasteiger partial charge in [0.05, 0.1) is 20.2 Å². The molecule has 2 rings (SSSR count).